The van der Waals surface area contributed by atoms with E-state index in [1.54, 1.807) is 6.92 Å². The Morgan fingerprint density at radius 3 is 2.38 bits per heavy atom. The third kappa shape index (κ3) is 5.48. The molecule has 2 rings (SSSR count). The van der Waals surface area contributed by atoms with Crippen molar-refractivity contribution in [3.05, 3.63) is 63.9 Å². The maximum Gasteiger partial charge on any atom is 0.244 e. The first-order chi connectivity index (χ1) is 13.5. The number of benzene rings is 2. The van der Waals surface area contributed by atoms with E-state index in [0.29, 0.717) is 0 Å². The average Bonchev–Trinajstić information content (AvgIpc) is 2.60. The highest BCUT2D eigenvalue weighted by molar-refractivity contribution is 7.92. The van der Waals surface area contributed by atoms with Gasteiger partial charge in [-0.05, 0) is 56.5 Å². The number of sulfonamides is 1. The number of nitrogens with one attached hydrogen (secondary N) is 1. The molecular formula is C21H26ClFN2O3S. The summed E-state index contributed by atoms with van der Waals surface area (Å²) in [5.74, 6) is -1.10. The molecule has 0 aliphatic carbocycles. The van der Waals surface area contributed by atoms with Gasteiger partial charge in [-0.2, -0.15) is 0 Å². The molecule has 0 spiro atoms. The van der Waals surface area contributed by atoms with Gasteiger partial charge in [0.1, 0.15) is 11.9 Å². The fourth-order valence-electron chi connectivity index (χ4n) is 3.38. The minimum absolute atomic E-state index is 0.139. The maximum absolute atomic E-state index is 13.5. The number of rotatable bonds is 7. The van der Waals surface area contributed by atoms with E-state index in [4.69, 9.17) is 11.6 Å². The molecule has 0 aliphatic heterocycles. The predicted octanol–water partition coefficient (Wildman–Crippen LogP) is 4.52. The van der Waals surface area contributed by atoms with Gasteiger partial charge in [0.05, 0.1) is 23.0 Å². The number of hydrogen-bond donors (Lipinski definition) is 1. The van der Waals surface area contributed by atoms with Crippen LogP contribution in [0.15, 0.2) is 36.4 Å². The molecule has 1 N–H and O–H groups in total. The van der Waals surface area contributed by atoms with Crippen molar-refractivity contribution in [1.82, 2.24) is 5.32 Å². The molecule has 2 atom stereocenters. The molecule has 2 unspecified atom stereocenters. The molecule has 0 saturated heterocycles. The van der Waals surface area contributed by atoms with Crippen LogP contribution >= 0.6 is 11.6 Å². The van der Waals surface area contributed by atoms with Crippen molar-refractivity contribution in [2.24, 2.45) is 0 Å². The van der Waals surface area contributed by atoms with Crippen LogP contribution in [0.25, 0.3) is 0 Å². The van der Waals surface area contributed by atoms with Crippen molar-refractivity contribution in [1.29, 1.82) is 0 Å². The molecule has 0 fully saturated rings. The van der Waals surface area contributed by atoms with Crippen LogP contribution < -0.4 is 9.62 Å². The minimum Gasteiger partial charge on any atom is -0.348 e. The van der Waals surface area contributed by atoms with Crippen LogP contribution in [-0.4, -0.2) is 26.6 Å². The Morgan fingerprint density at radius 2 is 1.86 bits per heavy atom. The van der Waals surface area contributed by atoms with E-state index in [1.165, 1.54) is 12.1 Å². The quantitative estimate of drug-likeness (QED) is 0.688. The van der Waals surface area contributed by atoms with Crippen molar-refractivity contribution >= 4 is 33.2 Å². The molecule has 0 bridgehead atoms. The second kappa shape index (κ2) is 9.13. The van der Waals surface area contributed by atoms with E-state index in [-0.39, 0.29) is 23.2 Å². The second-order valence-corrected chi connectivity index (χ2v) is 9.44. The summed E-state index contributed by atoms with van der Waals surface area (Å²) in [6.45, 7) is 7.52. The number of carbonyl (C=O) groups is 1. The maximum atomic E-state index is 13.5. The summed E-state index contributed by atoms with van der Waals surface area (Å²) in [5.41, 5.74) is 3.25. The molecule has 1 amide bonds. The zero-order valence-electron chi connectivity index (χ0n) is 17.2. The number of anilines is 1. The zero-order valence-corrected chi connectivity index (χ0v) is 18.7. The highest BCUT2D eigenvalue weighted by Crippen LogP contribution is 2.28. The standard InChI is InChI=1S/C21H26ClFN2O3S/c1-6-20(21(26)24-15(4)17-9-7-13(2)11-14(17)3)25(29(5,27)28)16-8-10-19(23)18(22)12-16/h7-12,15,20H,6H2,1-5H3,(H,24,26). The number of carbonyl (C=O) groups excluding carboxylic acids is 1. The van der Waals surface area contributed by atoms with E-state index in [2.05, 4.69) is 5.32 Å². The molecule has 0 radical (unpaired) electrons. The van der Waals surface area contributed by atoms with Crippen LogP contribution in [0.1, 0.15) is 43.0 Å². The third-order valence-corrected chi connectivity index (χ3v) is 6.21. The van der Waals surface area contributed by atoms with E-state index >= 15 is 0 Å². The third-order valence-electron chi connectivity index (χ3n) is 4.74. The lowest BCUT2D eigenvalue weighted by atomic mass is 10.00. The lowest BCUT2D eigenvalue weighted by Crippen LogP contribution is -2.49. The molecule has 2 aromatic rings. The molecule has 0 heterocycles. The van der Waals surface area contributed by atoms with Crippen LogP contribution in [-0.2, 0) is 14.8 Å². The lowest BCUT2D eigenvalue weighted by Gasteiger charge is -2.31. The fourth-order valence-corrected chi connectivity index (χ4v) is 4.76. The summed E-state index contributed by atoms with van der Waals surface area (Å²) < 4.78 is 39.5. The Morgan fingerprint density at radius 1 is 1.21 bits per heavy atom. The summed E-state index contributed by atoms with van der Waals surface area (Å²) in [5, 5.41) is 2.69. The smallest absolute Gasteiger partial charge is 0.244 e. The van der Waals surface area contributed by atoms with Crippen molar-refractivity contribution in [2.75, 3.05) is 10.6 Å². The van der Waals surface area contributed by atoms with Gasteiger partial charge in [0, 0.05) is 0 Å². The van der Waals surface area contributed by atoms with Crippen LogP contribution in [0.4, 0.5) is 10.1 Å². The van der Waals surface area contributed by atoms with Gasteiger partial charge < -0.3 is 5.32 Å². The topological polar surface area (TPSA) is 66.5 Å². The average molecular weight is 441 g/mol. The summed E-state index contributed by atoms with van der Waals surface area (Å²) in [6, 6.07) is 8.22. The molecule has 5 nitrogen and oxygen atoms in total. The van der Waals surface area contributed by atoms with Crippen LogP contribution in [0.5, 0.6) is 0 Å². The number of hydrogen-bond acceptors (Lipinski definition) is 3. The molecule has 29 heavy (non-hydrogen) atoms. The second-order valence-electron chi connectivity index (χ2n) is 7.17. The van der Waals surface area contributed by atoms with E-state index in [0.717, 1.165) is 33.3 Å². The first kappa shape index (κ1) is 23.2. The molecule has 2 aromatic carbocycles. The van der Waals surface area contributed by atoms with E-state index in [9.17, 15) is 17.6 Å². The van der Waals surface area contributed by atoms with Crippen molar-refractivity contribution in [2.45, 2.75) is 46.2 Å². The first-order valence-corrected chi connectivity index (χ1v) is 11.5. The van der Waals surface area contributed by atoms with Crippen molar-refractivity contribution < 1.29 is 17.6 Å². The largest absolute Gasteiger partial charge is 0.348 e. The monoisotopic (exact) mass is 440 g/mol. The number of aryl methyl sites for hydroxylation is 2. The van der Waals surface area contributed by atoms with Crippen molar-refractivity contribution in [3.63, 3.8) is 0 Å². The van der Waals surface area contributed by atoms with Gasteiger partial charge in [0.25, 0.3) is 0 Å². The van der Waals surface area contributed by atoms with Gasteiger partial charge in [0.15, 0.2) is 0 Å². The van der Waals surface area contributed by atoms with Gasteiger partial charge in [-0.3, -0.25) is 9.10 Å². The summed E-state index contributed by atoms with van der Waals surface area (Å²) in [4.78, 5) is 13.0. The van der Waals surface area contributed by atoms with E-state index in [1.807, 2.05) is 39.0 Å². The molecular weight excluding hydrogens is 415 g/mol. The highest BCUT2D eigenvalue weighted by Gasteiger charge is 2.32. The minimum atomic E-state index is -3.83. The number of halogens is 2. The highest BCUT2D eigenvalue weighted by atomic mass is 35.5. The first-order valence-electron chi connectivity index (χ1n) is 9.27. The molecule has 0 saturated carbocycles. The lowest BCUT2D eigenvalue weighted by molar-refractivity contribution is -0.122. The number of nitrogens with zero attached hydrogens (tertiary/aromatic N) is 1. The van der Waals surface area contributed by atoms with Gasteiger partial charge in [-0.15, -0.1) is 0 Å². The van der Waals surface area contributed by atoms with E-state index < -0.39 is 27.8 Å². The molecule has 8 heteroatoms. The van der Waals surface area contributed by atoms with Crippen LogP contribution in [0.3, 0.4) is 0 Å². The van der Waals surface area contributed by atoms with Gasteiger partial charge in [0.2, 0.25) is 15.9 Å². The summed E-state index contributed by atoms with van der Waals surface area (Å²) in [7, 11) is -3.83. The normalized spacial score (nSPS) is 13.6. The fraction of sp³-hybridized carbons (Fsp3) is 0.381. The Balaban J connectivity index is 2.36. The van der Waals surface area contributed by atoms with Crippen LogP contribution in [0, 0.1) is 19.7 Å². The Labute approximate surface area is 176 Å². The summed E-state index contributed by atoms with van der Waals surface area (Å²) in [6.07, 6.45) is 1.24. The van der Waals surface area contributed by atoms with Crippen LogP contribution in [0.2, 0.25) is 5.02 Å². The molecule has 0 aromatic heterocycles. The SMILES string of the molecule is CCC(C(=O)NC(C)c1ccc(C)cc1C)N(c1ccc(F)c(Cl)c1)S(C)(=O)=O. The van der Waals surface area contributed by atoms with Gasteiger partial charge in [-0.1, -0.05) is 42.3 Å². The number of amides is 1. The van der Waals surface area contributed by atoms with Gasteiger partial charge in [-0.25, -0.2) is 12.8 Å². The Hall–Kier alpha value is -2.12. The van der Waals surface area contributed by atoms with Gasteiger partial charge >= 0.3 is 0 Å². The van der Waals surface area contributed by atoms with Crippen molar-refractivity contribution in [3.8, 4) is 0 Å². The Bertz CT molecular complexity index is 1010. The molecule has 158 valence electrons. The summed E-state index contributed by atoms with van der Waals surface area (Å²) >= 11 is 5.83. The predicted molar refractivity (Wildman–Crippen MR) is 115 cm³/mol. The molecule has 0 aliphatic rings. The Kier molecular flexibility index (Phi) is 7.30. The zero-order chi connectivity index (χ0) is 21.9.